The quantitative estimate of drug-likeness (QED) is 0.554. The first kappa shape index (κ1) is 20.7. The van der Waals surface area contributed by atoms with Crippen molar-refractivity contribution in [3.8, 4) is 0 Å². The summed E-state index contributed by atoms with van der Waals surface area (Å²) in [7, 11) is -3.89. The lowest BCUT2D eigenvalue weighted by Crippen LogP contribution is -2.47. The van der Waals surface area contributed by atoms with Gasteiger partial charge in [-0.2, -0.15) is 0 Å². The molecule has 144 valence electrons. The van der Waals surface area contributed by atoms with Gasteiger partial charge in [0.1, 0.15) is 6.04 Å². The smallest absolute Gasteiger partial charge is 0.271 e. The second-order valence-electron chi connectivity index (χ2n) is 5.76. The van der Waals surface area contributed by atoms with Gasteiger partial charge in [0.25, 0.3) is 5.69 Å². The Hall–Kier alpha value is -2.65. The second-order valence-corrected chi connectivity index (χ2v) is 8.06. The number of benzene rings is 2. The highest BCUT2D eigenvalue weighted by molar-refractivity contribution is 7.92. The Balaban J connectivity index is 2.43. The third kappa shape index (κ3) is 5.18. The second kappa shape index (κ2) is 8.36. The Labute approximate surface area is 162 Å². The van der Waals surface area contributed by atoms with Crippen LogP contribution < -0.4 is 9.62 Å². The van der Waals surface area contributed by atoms with E-state index in [1.54, 1.807) is 25.1 Å². The molecular weight excluding hydrogens is 394 g/mol. The number of sulfonamides is 1. The largest absolute Gasteiger partial charge is 0.324 e. The van der Waals surface area contributed by atoms with Crippen LogP contribution in [0.15, 0.2) is 48.5 Å². The zero-order valence-electron chi connectivity index (χ0n) is 14.6. The normalized spacial score (nSPS) is 12.3. The van der Waals surface area contributed by atoms with Gasteiger partial charge >= 0.3 is 0 Å². The van der Waals surface area contributed by atoms with Crippen molar-refractivity contribution in [1.29, 1.82) is 0 Å². The zero-order valence-corrected chi connectivity index (χ0v) is 16.2. The number of halogens is 1. The number of amides is 1. The van der Waals surface area contributed by atoms with Gasteiger partial charge in [-0.3, -0.25) is 19.2 Å². The number of hydrogen-bond donors (Lipinski definition) is 1. The van der Waals surface area contributed by atoms with E-state index in [1.165, 1.54) is 24.3 Å². The average molecular weight is 412 g/mol. The Kier molecular flexibility index (Phi) is 6.40. The first-order valence-corrected chi connectivity index (χ1v) is 10.2. The molecule has 2 aromatic carbocycles. The Morgan fingerprint density at radius 3 is 2.48 bits per heavy atom. The zero-order chi connectivity index (χ0) is 20.2. The summed E-state index contributed by atoms with van der Waals surface area (Å²) in [5.74, 6) is -0.573. The van der Waals surface area contributed by atoms with Crippen LogP contribution in [0.3, 0.4) is 0 Å². The van der Waals surface area contributed by atoms with Gasteiger partial charge in [-0.05, 0) is 30.7 Å². The molecule has 0 spiro atoms. The molecule has 2 aromatic rings. The number of carbonyl (C=O) groups is 1. The molecule has 0 saturated carbocycles. The summed E-state index contributed by atoms with van der Waals surface area (Å²) in [4.78, 5) is 23.1. The minimum absolute atomic E-state index is 0.0415. The third-order valence-electron chi connectivity index (χ3n) is 3.72. The van der Waals surface area contributed by atoms with Gasteiger partial charge in [0.2, 0.25) is 15.9 Å². The molecule has 27 heavy (non-hydrogen) atoms. The number of rotatable bonds is 7. The fourth-order valence-electron chi connectivity index (χ4n) is 2.60. The van der Waals surface area contributed by atoms with Crippen molar-refractivity contribution in [1.82, 2.24) is 0 Å². The summed E-state index contributed by atoms with van der Waals surface area (Å²) in [5.41, 5.74) is 0.185. The molecular formula is C17H18ClN3O5S. The lowest BCUT2D eigenvalue weighted by molar-refractivity contribution is -0.384. The maximum atomic E-state index is 12.7. The lowest BCUT2D eigenvalue weighted by atomic mass is 10.1. The fraction of sp³-hybridized carbons (Fsp3) is 0.235. The van der Waals surface area contributed by atoms with Crippen molar-refractivity contribution >= 4 is 44.6 Å². The number of carbonyl (C=O) groups excluding carboxylic acids is 1. The van der Waals surface area contributed by atoms with E-state index in [-0.39, 0.29) is 17.8 Å². The van der Waals surface area contributed by atoms with Crippen LogP contribution in [0.25, 0.3) is 0 Å². The van der Waals surface area contributed by atoms with E-state index in [1.807, 2.05) is 0 Å². The molecule has 0 saturated heterocycles. The monoisotopic (exact) mass is 411 g/mol. The van der Waals surface area contributed by atoms with Crippen LogP contribution >= 0.6 is 11.6 Å². The highest BCUT2D eigenvalue weighted by Gasteiger charge is 2.32. The highest BCUT2D eigenvalue weighted by atomic mass is 35.5. The number of anilines is 2. The van der Waals surface area contributed by atoms with Gasteiger partial charge in [0.05, 0.1) is 16.9 Å². The maximum Gasteiger partial charge on any atom is 0.271 e. The number of nitrogens with zero attached hydrogens (tertiary/aromatic N) is 2. The average Bonchev–Trinajstić information content (AvgIpc) is 2.58. The molecule has 0 aromatic heterocycles. The van der Waals surface area contributed by atoms with Crippen LogP contribution in [-0.2, 0) is 14.8 Å². The number of nitro groups is 1. The molecule has 0 unspecified atom stereocenters. The van der Waals surface area contributed by atoms with Crippen molar-refractivity contribution < 1.29 is 18.1 Å². The molecule has 10 heteroatoms. The molecule has 0 radical (unpaired) electrons. The molecule has 2 rings (SSSR count). The third-order valence-corrected chi connectivity index (χ3v) is 5.13. The lowest BCUT2D eigenvalue weighted by Gasteiger charge is -2.30. The van der Waals surface area contributed by atoms with E-state index in [2.05, 4.69) is 5.32 Å². The fourth-order valence-corrected chi connectivity index (χ4v) is 3.99. The van der Waals surface area contributed by atoms with Crippen molar-refractivity contribution in [2.75, 3.05) is 15.9 Å². The summed E-state index contributed by atoms with van der Waals surface area (Å²) in [6.45, 7) is 1.65. The maximum absolute atomic E-state index is 12.7. The van der Waals surface area contributed by atoms with Crippen LogP contribution in [0.2, 0.25) is 5.02 Å². The van der Waals surface area contributed by atoms with Gasteiger partial charge < -0.3 is 5.32 Å². The molecule has 0 aliphatic heterocycles. The van der Waals surface area contributed by atoms with E-state index in [0.29, 0.717) is 10.7 Å². The van der Waals surface area contributed by atoms with Crippen molar-refractivity contribution in [3.05, 3.63) is 63.7 Å². The molecule has 1 atom stereocenters. The first-order chi connectivity index (χ1) is 12.6. The predicted molar refractivity (Wildman–Crippen MR) is 105 cm³/mol. The molecule has 0 bridgehead atoms. The summed E-state index contributed by atoms with van der Waals surface area (Å²) >= 11 is 5.90. The summed E-state index contributed by atoms with van der Waals surface area (Å²) in [6.07, 6.45) is 1.10. The van der Waals surface area contributed by atoms with E-state index in [9.17, 15) is 23.3 Å². The molecule has 0 fully saturated rings. The predicted octanol–water partition coefficient (Wildman–Crippen LogP) is 3.43. The van der Waals surface area contributed by atoms with Crippen molar-refractivity contribution in [3.63, 3.8) is 0 Å². The minimum atomic E-state index is -3.89. The number of nitrogens with one attached hydrogen (secondary N) is 1. The Morgan fingerprint density at radius 1 is 1.26 bits per heavy atom. The van der Waals surface area contributed by atoms with E-state index in [0.717, 1.165) is 16.6 Å². The van der Waals surface area contributed by atoms with Crippen LogP contribution in [0.5, 0.6) is 0 Å². The SMILES string of the molecule is CC[C@@H](C(=O)Nc1cccc(Cl)c1)N(c1cccc([N+](=O)[O-])c1)S(C)(=O)=O. The van der Waals surface area contributed by atoms with Gasteiger partial charge in [-0.1, -0.05) is 30.7 Å². The Morgan fingerprint density at radius 2 is 1.93 bits per heavy atom. The number of hydrogen-bond acceptors (Lipinski definition) is 5. The molecule has 0 heterocycles. The van der Waals surface area contributed by atoms with Gasteiger partial charge in [0.15, 0.2) is 0 Å². The van der Waals surface area contributed by atoms with E-state index < -0.39 is 26.9 Å². The van der Waals surface area contributed by atoms with Crippen LogP contribution in [0, 0.1) is 10.1 Å². The van der Waals surface area contributed by atoms with Gasteiger partial charge in [-0.25, -0.2) is 8.42 Å². The van der Waals surface area contributed by atoms with Gasteiger partial charge in [-0.15, -0.1) is 0 Å². The molecule has 0 aliphatic carbocycles. The van der Waals surface area contributed by atoms with E-state index in [4.69, 9.17) is 11.6 Å². The standard InChI is InChI=1S/C17H18ClN3O5S/c1-3-16(17(22)19-13-7-4-6-12(18)10-13)20(27(2,25)26)14-8-5-9-15(11-14)21(23)24/h4-11,16H,3H2,1-2H3,(H,19,22)/t16-/m0/s1. The van der Waals surface area contributed by atoms with Crippen LogP contribution in [0.1, 0.15) is 13.3 Å². The van der Waals surface area contributed by atoms with Crippen molar-refractivity contribution in [2.45, 2.75) is 19.4 Å². The molecule has 1 amide bonds. The number of non-ortho nitro benzene ring substituents is 1. The summed E-state index contributed by atoms with van der Waals surface area (Å²) < 4.78 is 25.6. The highest BCUT2D eigenvalue weighted by Crippen LogP contribution is 2.27. The summed E-state index contributed by atoms with van der Waals surface area (Å²) in [6, 6.07) is 10.5. The molecule has 1 N–H and O–H groups in total. The Bertz CT molecular complexity index is 965. The molecule has 8 nitrogen and oxygen atoms in total. The van der Waals surface area contributed by atoms with Crippen molar-refractivity contribution in [2.24, 2.45) is 0 Å². The number of nitro benzene ring substituents is 1. The topological polar surface area (TPSA) is 110 Å². The van der Waals surface area contributed by atoms with Crippen LogP contribution in [0.4, 0.5) is 17.1 Å². The first-order valence-electron chi connectivity index (χ1n) is 7.93. The molecule has 0 aliphatic rings. The van der Waals surface area contributed by atoms with E-state index >= 15 is 0 Å². The minimum Gasteiger partial charge on any atom is -0.324 e. The van der Waals surface area contributed by atoms with Gasteiger partial charge in [0, 0.05) is 22.8 Å². The summed E-state index contributed by atoms with van der Waals surface area (Å²) in [5, 5.41) is 14.1. The van der Waals surface area contributed by atoms with Crippen LogP contribution in [-0.4, -0.2) is 31.5 Å².